The minimum atomic E-state index is -3.80. The highest BCUT2D eigenvalue weighted by atomic mass is 32.2. The Kier molecular flexibility index (Phi) is 33.2. The SMILES string of the molecule is O=S(=O)(O)CCCCCCCCCCCCOCCOCCOCCOCCOCCCCCCCCCCCCS(=O)(=O)O. The minimum absolute atomic E-state index is 0.119. The van der Waals surface area contributed by atoms with Crippen molar-refractivity contribution in [1.29, 1.82) is 0 Å². The van der Waals surface area contributed by atoms with E-state index >= 15 is 0 Å². The van der Waals surface area contributed by atoms with Crippen molar-refractivity contribution in [2.24, 2.45) is 0 Å². The molecular formula is C32H66O11S2. The molecule has 0 saturated carbocycles. The zero-order chi connectivity index (χ0) is 33.2. The molecule has 0 aromatic carbocycles. The van der Waals surface area contributed by atoms with Crippen molar-refractivity contribution < 1.29 is 49.6 Å². The first-order valence-corrected chi connectivity index (χ1v) is 20.7. The third-order valence-corrected chi connectivity index (χ3v) is 8.98. The van der Waals surface area contributed by atoms with Crippen molar-refractivity contribution in [3.8, 4) is 0 Å². The monoisotopic (exact) mass is 690 g/mol. The molecule has 45 heavy (non-hydrogen) atoms. The second-order valence-electron chi connectivity index (χ2n) is 11.7. The van der Waals surface area contributed by atoms with E-state index in [1.54, 1.807) is 0 Å². The molecule has 0 saturated heterocycles. The fourth-order valence-corrected chi connectivity index (χ4v) is 5.93. The first-order valence-electron chi connectivity index (χ1n) is 17.5. The van der Waals surface area contributed by atoms with E-state index in [9.17, 15) is 16.8 Å². The zero-order valence-corrected chi connectivity index (χ0v) is 29.6. The average molecular weight is 691 g/mol. The maximum Gasteiger partial charge on any atom is 0.264 e. The van der Waals surface area contributed by atoms with Gasteiger partial charge in [-0.1, -0.05) is 103 Å². The van der Waals surface area contributed by atoms with E-state index in [1.807, 2.05) is 0 Å². The van der Waals surface area contributed by atoms with Gasteiger partial charge < -0.3 is 23.7 Å². The molecular weight excluding hydrogens is 624 g/mol. The molecule has 0 atom stereocenters. The van der Waals surface area contributed by atoms with Gasteiger partial charge in [0.15, 0.2) is 0 Å². The van der Waals surface area contributed by atoms with Crippen LogP contribution in [-0.4, -0.2) is 104 Å². The number of rotatable bonds is 38. The van der Waals surface area contributed by atoms with Crippen molar-refractivity contribution in [2.45, 2.75) is 128 Å². The fourth-order valence-electron chi connectivity index (χ4n) is 4.79. The van der Waals surface area contributed by atoms with Crippen molar-refractivity contribution in [3.05, 3.63) is 0 Å². The van der Waals surface area contributed by atoms with Crippen LogP contribution in [0.2, 0.25) is 0 Å². The highest BCUT2D eigenvalue weighted by molar-refractivity contribution is 7.86. The molecule has 0 bridgehead atoms. The number of ether oxygens (including phenoxy) is 5. The molecule has 272 valence electrons. The minimum Gasteiger partial charge on any atom is -0.379 e. The highest BCUT2D eigenvalue weighted by Crippen LogP contribution is 2.12. The third kappa shape index (κ3) is 43.6. The Morgan fingerprint density at radius 1 is 0.267 bits per heavy atom. The van der Waals surface area contributed by atoms with Gasteiger partial charge in [0.05, 0.1) is 64.4 Å². The Labute approximate surface area is 275 Å². The van der Waals surface area contributed by atoms with Gasteiger partial charge in [-0.05, 0) is 25.7 Å². The van der Waals surface area contributed by atoms with Crippen molar-refractivity contribution in [3.63, 3.8) is 0 Å². The lowest BCUT2D eigenvalue weighted by atomic mass is 10.1. The molecule has 0 spiro atoms. The van der Waals surface area contributed by atoms with E-state index in [-0.39, 0.29) is 11.5 Å². The molecule has 0 heterocycles. The van der Waals surface area contributed by atoms with Gasteiger partial charge in [0.2, 0.25) is 0 Å². The molecule has 0 aromatic heterocycles. The summed E-state index contributed by atoms with van der Waals surface area (Å²) >= 11 is 0. The maximum atomic E-state index is 10.6. The Morgan fingerprint density at radius 2 is 0.444 bits per heavy atom. The van der Waals surface area contributed by atoms with E-state index in [0.717, 1.165) is 64.6 Å². The first kappa shape index (κ1) is 44.6. The van der Waals surface area contributed by atoms with Gasteiger partial charge in [-0.3, -0.25) is 9.11 Å². The second-order valence-corrected chi connectivity index (χ2v) is 14.8. The van der Waals surface area contributed by atoms with E-state index in [1.165, 1.54) is 64.2 Å². The van der Waals surface area contributed by atoms with Gasteiger partial charge in [-0.25, -0.2) is 0 Å². The van der Waals surface area contributed by atoms with E-state index < -0.39 is 20.2 Å². The first-order chi connectivity index (χ1) is 21.7. The molecule has 0 rings (SSSR count). The van der Waals surface area contributed by atoms with Crippen LogP contribution in [0.15, 0.2) is 0 Å². The average Bonchev–Trinajstić information content (AvgIpc) is 2.97. The summed E-state index contributed by atoms with van der Waals surface area (Å²) in [5.41, 5.74) is 0. The standard InChI is InChI=1S/C32H66O11S2/c33-44(34,35)31-19-15-11-7-3-1-5-9-13-17-21-39-23-25-41-27-29-43-30-28-42-26-24-40-22-18-14-10-6-2-4-8-12-16-20-32-45(36,37)38/h1-32H2,(H,33,34,35)(H,36,37,38). The molecule has 13 heteroatoms. The number of hydrogen-bond acceptors (Lipinski definition) is 9. The van der Waals surface area contributed by atoms with Crippen molar-refractivity contribution >= 4 is 20.2 Å². The quantitative estimate of drug-likeness (QED) is 0.0529. The van der Waals surface area contributed by atoms with Crippen LogP contribution in [0, 0.1) is 0 Å². The van der Waals surface area contributed by atoms with Crippen LogP contribution in [0.1, 0.15) is 128 Å². The normalized spacial score (nSPS) is 12.3. The molecule has 0 aliphatic rings. The molecule has 0 aliphatic heterocycles. The molecule has 0 aliphatic carbocycles. The van der Waals surface area contributed by atoms with Crippen LogP contribution in [0.5, 0.6) is 0 Å². The lowest BCUT2D eigenvalue weighted by molar-refractivity contribution is -0.0114. The molecule has 0 aromatic rings. The van der Waals surface area contributed by atoms with Gasteiger partial charge in [0.1, 0.15) is 0 Å². The van der Waals surface area contributed by atoms with Crippen molar-refractivity contribution in [2.75, 3.05) is 77.6 Å². The fraction of sp³-hybridized carbons (Fsp3) is 1.00. The van der Waals surface area contributed by atoms with Crippen molar-refractivity contribution in [1.82, 2.24) is 0 Å². The van der Waals surface area contributed by atoms with E-state index in [4.69, 9.17) is 32.8 Å². The Bertz CT molecular complexity index is 742. The smallest absolute Gasteiger partial charge is 0.264 e. The molecule has 11 nitrogen and oxygen atoms in total. The molecule has 0 amide bonds. The Morgan fingerprint density at radius 3 is 0.667 bits per heavy atom. The zero-order valence-electron chi connectivity index (χ0n) is 28.0. The van der Waals surface area contributed by atoms with Gasteiger partial charge in [-0.15, -0.1) is 0 Å². The molecule has 0 radical (unpaired) electrons. The van der Waals surface area contributed by atoms with Crippen LogP contribution in [0.25, 0.3) is 0 Å². The summed E-state index contributed by atoms with van der Waals surface area (Å²) < 4.78 is 87.8. The predicted molar refractivity (Wildman–Crippen MR) is 179 cm³/mol. The van der Waals surface area contributed by atoms with Crippen LogP contribution in [0.4, 0.5) is 0 Å². The number of unbranched alkanes of at least 4 members (excludes halogenated alkanes) is 18. The molecule has 2 N–H and O–H groups in total. The van der Waals surface area contributed by atoms with E-state index in [0.29, 0.717) is 65.7 Å². The third-order valence-electron chi connectivity index (χ3n) is 7.37. The van der Waals surface area contributed by atoms with Crippen LogP contribution >= 0.6 is 0 Å². The summed E-state index contributed by atoms with van der Waals surface area (Å²) in [6, 6.07) is 0. The summed E-state index contributed by atoms with van der Waals surface area (Å²) in [4.78, 5) is 0. The lowest BCUT2D eigenvalue weighted by Gasteiger charge is -2.08. The lowest BCUT2D eigenvalue weighted by Crippen LogP contribution is -2.13. The predicted octanol–water partition coefficient (Wildman–Crippen LogP) is 6.65. The summed E-state index contributed by atoms with van der Waals surface area (Å²) in [5.74, 6) is -0.237. The Hall–Kier alpha value is -0.380. The van der Waals surface area contributed by atoms with Gasteiger partial charge in [0, 0.05) is 13.2 Å². The topological polar surface area (TPSA) is 155 Å². The summed E-state index contributed by atoms with van der Waals surface area (Å²) in [6.07, 6.45) is 21.3. The molecule has 0 unspecified atom stereocenters. The summed E-state index contributed by atoms with van der Waals surface area (Å²) in [6.45, 7) is 6.07. The number of hydrogen-bond donors (Lipinski definition) is 2. The molecule has 0 fully saturated rings. The highest BCUT2D eigenvalue weighted by Gasteiger charge is 2.04. The van der Waals surface area contributed by atoms with Gasteiger partial charge in [-0.2, -0.15) is 16.8 Å². The summed E-state index contributed by atoms with van der Waals surface area (Å²) in [5, 5.41) is 0. The van der Waals surface area contributed by atoms with Crippen LogP contribution in [0.3, 0.4) is 0 Å². The largest absolute Gasteiger partial charge is 0.379 e. The van der Waals surface area contributed by atoms with Crippen LogP contribution in [-0.2, 0) is 43.9 Å². The maximum absolute atomic E-state index is 10.6. The van der Waals surface area contributed by atoms with Gasteiger partial charge >= 0.3 is 0 Å². The van der Waals surface area contributed by atoms with Crippen LogP contribution < -0.4 is 0 Å². The second kappa shape index (κ2) is 33.5. The Balaban J connectivity index is 3.08. The van der Waals surface area contributed by atoms with Gasteiger partial charge in [0.25, 0.3) is 20.2 Å². The summed E-state index contributed by atoms with van der Waals surface area (Å²) in [7, 11) is -7.59. The van der Waals surface area contributed by atoms with E-state index in [2.05, 4.69) is 0 Å².